The SMILES string of the molecule is O=C(CNC(=O)[C@@H]1CCCN1C(=O)C12CC3CC(CC(C3)C1)C2)NCCO. The third-order valence-electron chi connectivity index (χ3n) is 7.17. The number of nitrogens with zero attached hydrogens (tertiary/aromatic N) is 1. The van der Waals surface area contributed by atoms with Crippen LogP contribution in [0.5, 0.6) is 0 Å². The van der Waals surface area contributed by atoms with Gasteiger partial charge in [-0.1, -0.05) is 0 Å². The Bertz CT molecular complexity index is 585. The number of aliphatic hydroxyl groups is 1. The summed E-state index contributed by atoms with van der Waals surface area (Å²) in [7, 11) is 0. The second-order valence-electron chi connectivity index (χ2n) is 9.15. The lowest BCUT2D eigenvalue weighted by Gasteiger charge is -2.56. The van der Waals surface area contributed by atoms with E-state index in [9.17, 15) is 14.4 Å². The van der Waals surface area contributed by atoms with Gasteiger partial charge in [-0.2, -0.15) is 0 Å². The van der Waals surface area contributed by atoms with Gasteiger partial charge < -0.3 is 20.6 Å². The summed E-state index contributed by atoms with van der Waals surface area (Å²) in [5.41, 5.74) is -0.226. The average molecular weight is 377 g/mol. The number of amides is 3. The molecule has 4 aliphatic carbocycles. The molecular formula is C20H31N3O4. The van der Waals surface area contributed by atoms with Gasteiger partial charge in [0.2, 0.25) is 17.7 Å². The first-order chi connectivity index (χ1) is 13.0. The van der Waals surface area contributed by atoms with Crippen LogP contribution in [0.15, 0.2) is 0 Å². The highest BCUT2D eigenvalue weighted by Gasteiger charge is 2.56. The molecule has 150 valence electrons. The Morgan fingerprint density at radius 3 is 2.22 bits per heavy atom. The molecule has 5 fully saturated rings. The fourth-order valence-corrected chi connectivity index (χ4v) is 6.50. The predicted octanol–water partition coefficient (Wildman–Crippen LogP) is 0.419. The number of rotatable bonds is 6. The second kappa shape index (κ2) is 7.41. The molecule has 0 aromatic carbocycles. The van der Waals surface area contributed by atoms with Crippen molar-refractivity contribution in [2.45, 2.75) is 57.4 Å². The van der Waals surface area contributed by atoms with E-state index in [-0.39, 0.29) is 42.8 Å². The van der Waals surface area contributed by atoms with Crippen LogP contribution in [0.1, 0.15) is 51.4 Å². The maximum atomic E-state index is 13.5. The van der Waals surface area contributed by atoms with Crippen molar-refractivity contribution in [3.8, 4) is 0 Å². The van der Waals surface area contributed by atoms with Gasteiger partial charge in [-0.3, -0.25) is 14.4 Å². The van der Waals surface area contributed by atoms with Crippen molar-refractivity contribution >= 4 is 17.7 Å². The Kier molecular flexibility index (Phi) is 5.14. The lowest BCUT2D eigenvalue weighted by Crippen LogP contribution is -2.57. The van der Waals surface area contributed by atoms with Crippen LogP contribution in [0.25, 0.3) is 0 Å². The van der Waals surface area contributed by atoms with Crippen LogP contribution in [0.3, 0.4) is 0 Å². The number of hydrogen-bond acceptors (Lipinski definition) is 4. The van der Waals surface area contributed by atoms with Crippen LogP contribution in [0.2, 0.25) is 0 Å². The summed E-state index contributed by atoms with van der Waals surface area (Å²) in [6, 6.07) is -0.448. The fraction of sp³-hybridized carbons (Fsp3) is 0.850. The van der Waals surface area contributed by atoms with Crippen LogP contribution >= 0.6 is 0 Å². The largest absolute Gasteiger partial charge is 0.395 e. The van der Waals surface area contributed by atoms with Crippen molar-refractivity contribution in [3.63, 3.8) is 0 Å². The summed E-state index contributed by atoms with van der Waals surface area (Å²) >= 11 is 0. The third-order valence-corrected chi connectivity index (χ3v) is 7.17. The normalized spacial score (nSPS) is 36.7. The van der Waals surface area contributed by atoms with Crippen molar-refractivity contribution < 1.29 is 19.5 Å². The Balaban J connectivity index is 1.39. The Morgan fingerprint density at radius 2 is 1.63 bits per heavy atom. The summed E-state index contributed by atoms with van der Waals surface area (Å²) in [6.07, 6.45) is 8.40. The smallest absolute Gasteiger partial charge is 0.243 e. The van der Waals surface area contributed by atoms with Gasteiger partial charge >= 0.3 is 0 Å². The highest BCUT2D eigenvalue weighted by atomic mass is 16.3. The zero-order valence-electron chi connectivity index (χ0n) is 15.9. The number of carbonyl (C=O) groups is 3. The molecule has 0 spiro atoms. The van der Waals surface area contributed by atoms with Crippen LogP contribution in [-0.4, -0.2) is 60.0 Å². The van der Waals surface area contributed by atoms with Gasteiger partial charge in [-0.15, -0.1) is 0 Å². The molecule has 7 heteroatoms. The molecule has 0 aromatic heterocycles. The van der Waals surface area contributed by atoms with Gasteiger partial charge in [0.05, 0.1) is 18.6 Å². The third kappa shape index (κ3) is 3.58. The number of carbonyl (C=O) groups excluding carboxylic acids is 3. The van der Waals surface area contributed by atoms with Gasteiger partial charge in [-0.05, 0) is 69.1 Å². The van der Waals surface area contributed by atoms with E-state index in [1.807, 2.05) is 4.90 Å². The van der Waals surface area contributed by atoms with E-state index in [2.05, 4.69) is 10.6 Å². The summed E-state index contributed by atoms with van der Waals surface area (Å²) in [5.74, 6) is 1.74. The van der Waals surface area contributed by atoms with E-state index in [4.69, 9.17) is 5.11 Å². The van der Waals surface area contributed by atoms with E-state index >= 15 is 0 Å². The highest BCUT2D eigenvalue weighted by molar-refractivity contribution is 5.92. The topological polar surface area (TPSA) is 98.7 Å². The number of likely N-dealkylation sites (tertiary alicyclic amines) is 1. The molecule has 0 radical (unpaired) electrons. The van der Waals surface area contributed by atoms with Gasteiger partial charge in [0, 0.05) is 13.1 Å². The molecule has 4 bridgehead atoms. The van der Waals surface area contributed by atoms with E-state index < -0.39 is 6.04 Å². The monoisotopic (exact) mass is 377 g/mol. The minimum absolute atomic E-state index is 0.116. The molecule has 4 saturated carbocycles. The van der Waals surface area contributed by atoms with Crippen molar-refractivity contribution in [1.82, 2.24) is 15.5 Å². The molecule has 27 heavy (non-hydrogen) atoms. The van der Waals surface area contributed by atoms with E-state index in [1.165, 1.54) is 19.3 Å². The molecule has 1 saturated heterocycles. The van der Waals surface area contributed by atoms with Crippen molar-refractivity contribution in [2.75, 3.05) is 26.2 Å². The van der Waals surface area contributed by atoms with Gasteiger partial charge in [0.25, 0.3) is 0 Å². The molecule has 5 aliphatic rings. The van der Waals surface area contributed by atoms with E-state index in [0.29, 0.717) is 30.7 Å². The summed E-state index contributed by atoms with van der Waals surface area (Å²) in [4.78, 5) is 39.6. The predicted molar refractivity (Wildman–Crippen MR) is 98.4 cm³/mol. The van der Waals surface area contributed by atoms with E-state index in [1.54, 1.807) is 0 Å². The first-order valence-electron chi connectivity index (χ1n) is 10.5. The standard InChI is InChI=1S/C20H31N3O4/c24-5-3-21-17(25)12-22-18(26)16-2-1-4-23(16)19(27)20-9-13-6-14(10-20)8-15(7-13)11-20/h13-16,24H,1-12H2,(H,21,25)(H,22,26)/t13?,14?,15?,16-,20?/m0/s1. The second-order valence-corrected chi connectivity index (χ2v) is 9.15. The maximum Gasteiger partial charge on any atom is 0.243 e. The minimum atomic E-state index is -0.448. The summed E-state index contributed by atoms with van der Waals surface area (Å²) < 4.78 is 0. The molecule has 0 aromatic rings. The van der Waals surface area contributed by atoms with Crippen molar-refractivity contribution in [3.05, 3.63) is 0 Å². The van der Waals surface area contributed by atoms with Gasteiger partial charge in [-0.25, -0.2) is 0 Å². The first kappa shape index (κ1) is 18.7. The molecule has 1 heterocycles. The minimum Gasteiger partial charge on any atom is -0.395 e. The fourth-order valence-electron chi connectivity index (χ4n) is 6.50. The Hall–Kier alpha value is -1.63. The molecular weight excluding hydrogens is 346 g/mol. The maximum absolute atomic E-state index is 13.5. The van der Waals surface area contributed by atoms with Crippen LogP contribution in [0, 0.1) is 23.2 Å². The number of aliphatic hydroxyl groups excluding tert-OH is 1. The lowest BCUT2D eigenvalue weighted by molar-refractivity contribution is -0.160. The Labute approximate surface area is 160 Å². The van der Waals surface area contributed by atoms with Crippen molar-refractivity contribution in [1.29, 1.82) is 0 Å². The van der Waals surface area contributed by atoms with E-state index in [0.717, 1.165) is 25.7 Å². The molecule has 3 N–H and O–H groups in total. The Morgan fingerprint density at radius 1 is 1.00 bits per heavy atom. The molecule has 7 nitrogen and oxygen atoms in total. The summed E-state index contributed by atoms with van der Waals surface area (Å²) in [5, 5.41) is 13.9. The van der Waals surface area contributed by atoms with Crippen LogP contribution < -0.4 is 10.6 Å². The average Bonchev–Trinajstić information content (AvgIpc) is 3.12. The van der Waals surface area contributed by atoms with Gasteiger partial charge in [0.1, 0.15) is 6.04 Å². The van der Waals surface area contributed by atoms with Gasteiger partial charge in [0.15, 0.2) is 0 Å². The van der Waals surface area contributed by atoms with Crippen molar-refractivity contribution in [2.24, 2.45) is 23.2 Å². The molecule has 0 unspecified atom stereocenters. The number of nitrogens with one attached hydrogen (secondary N) is 2. The molecule has 1 aliphatic heterocycles. The molecule has 5 rings (SSSR count). The highest BCUT2D eigenvalue weighted by Crippen LogP contribution is 2.60. The van der Waals surface area contributed by atoms with Crippen LogP contribution in [-0.2, 0) is 14.4 Å². The first-order valence-corrected chi connectivity index (χ1v) is 10.5. The summed E-state index contributed by atoms with van der Waals surface area (Å²) in [6.45, 7) is 0.578. The number of hydrogen-bond donors (Lipinski definition) is 3. The molecule has 3 amide bonds. The molecule has 1 atom stereocenters. The van der Waals surface area contributed by atoms with Crippen LogP contribution in [0.4, 0.5) is 0 Å². The zero-order valence-corrected chi connectivity index (χ0v) is 15.9. The lowest BCUT2D eigenvalue weighted by atomic mass is 9.49. The zero-order chi connectivity index (χ0) is 19.0. The quantitative estimate of drug-likeness (QED) is 0.625.